The number of aliphatic hydroxyl groups excluding tert-OH is 1. The Morgan fingerprint density at radius 2 is 1.94 bits per heavy atom. The summed E-state index contributed by atoms with van der Waals surface area (Å²) in [6, 6.07) is 15.7. The number of hydroxylamine groups is 2. The molecule has 9 nitrogen and oxygen atoms in total. The fourth-order valence-corrected chi connectivity index (χ4v) is 3.94. The zero-order valence-corrected chi connectivity index (χ0v) is 19.0. The van der Waals surface area contributed by atoms with E-state index in [1.165, 1.54) is 11.4 Å². The molecule has 0 bridgehead atoms. The molecule has 2 aromatic carbocycles. The molecule has 5 rings (SSSR count). The molecule has 1 fully saturated rings. The number of nitrogens with zero attached hydrogens (tertiary/aromatic N) is 5. The van der Waals surface area contributed by atoms with Crippen LogP contribution in [0.15, 0.2) is 89.2 Å². The number of carbonyl (C=O) groups is 1. The second kappa shape index (κ2) is 8.86. The van der Waals surface area contributed by atoms with E-state index in [1.807, 2.05) is 56.6 Å². The van der Waals surface area contributed by atoms with Gasteiger partial charge >= 0.3 is 0 Å². The summed E-state index contributed by atoms with van der Waals surface area (Å²) in [5, 5.41) is 14.7. The minimum atomic E-state index is -0.0283. The molecule has 2 aromatic rings. The first-order valence-corrected chi connectivity index (χ1v) is 11.0. The first-order valence-electron chi connectivity index (χ1n) is 11.0. The fourth-order valence-electron chi connectivity index (χ4n) is 3.94. The highest BCUT2D eigenvalue weighted by molar-refractivity contribution is 5.83. The van der Waals surface area contributed by atoms with E-state index < -0.39 is 0 Å². The number of aliphatic imine (C=N–C) groups is 1. The SMILES string of the molecule is CN1CCN(c2cccc(N(C)c3ccc(ON4C=NC5=CNC=CC5=C4O)cc3)c2)CC1=O. The van der Waals surface area contributed by atoms with E-state index in [1.54, 1.807) is 23.4 Å². The Bertz CT molecular complexity index is 1220. The molecule has 2 N–H and O–H groups in total. The summed E-state index contributed by atoms with van der Waals surface area (Å²) in [7, 11) is 3.83. The van der Waals surface area contributed by atoms with Gasteiger partial charge in [0.15, 0.2) is 5.75 Å². The molecule has 9 heteroatoms. The summed E-state index contributed by atoms with van der Waals surface area (Å²) in [6.45, 7) is 1.93. The monoisotopic (exact) mass is 458 g/mol. The molecular formula is C25H26N6O3. The number of piperazine rings is 1. The quantitative estimate of drug-likeness (QED) is 0.712. The first-order chi connectivity index (χ1) is 16.5. The van der Waals surface area contributed by atoms with Crippen molar-refractivity contribution >= 4 is 29.3 Å². The average molecular weight is 459 g/mol. The van der Waals surface area contributed by atoms with Crippen LogP contribution in [0, 0.1) is 0 Å². The van der Waals surface area contributed by atoms with Crippen molar-refractivity contribution < 1.29 is 14.7 Å². The lowest BCUT2D eigenvalue weighted by Gasteiger charge is -2.34. The van der Waals surface area contributed by atoms with Gasteiger partial charge in [0.25, 0.3) is 0 Å². The van der Waals surface area contributed by atoms with E-state index in [-0.39, 0.29) is 11.8 Å². The molecule has 0 spiro atoms. The molecule has 0 radical (unpaired) electrons. The summed E-state index contributed by atoms with van der Waals surface area (Å²) < 4.78 is 0. The zero-order chi connectivity index (χ0) is 23.7. The number of fused-ring (bicyclic) bond motifs is 1. The molecule has 174 valence electrons. The maximum atomic E-state index is 12.1. The van der Waals surface area contributed by atoms with Gasteiger partial charge in [-0.05, 0) is 48.5 Å². The van der Waals surface area contributed by atoms with Crippen LogP contribution in [0.5, 0.6) is 5.75 Å². The normalized spacial score (nSPS) is 17.4. The van der Waals surface area contributed by atoms with Crippen molar-refractivity contribution in [2.45, 2.75) is 0 Å². The third-order valence-electron chi connectivity index (χ3n) is 6.06. The highest BCUT2D eigenvalue weighted by Gasteiger charge is 2.23. The summed E-state index contributed by atoms with van der Waals surface area (Å²) in [4.78, 5) is 28.1. The van der Waals surface area contributed by atoms with Crippen molar-refractivity contribution in [3.63, 3.8) is 0 Å². The van der Waals surface area contributed by atoms with E-state index in [4.69, 9.17) is 4.84 Å². The Kier molecular flexibility index (Phi) is 5.59. The molecule has 3 heterocycles. The fraction of sp³-hybridized carbons (Fsp3) is 0.200. The Hall–Kier alpha value is -4.40. The van der Waals surface area contributed by atoms with Crippen LogP contribution in [-0.2, 0) is 4.79 Å². The lowest BCUT2D eigenvalue weighted by atomic mass is 10.1. The van der Waals surface area contributed by atoms with Crippen molar-refractivity contribution in [1.29, 1.82) is 0 Å². The van der Waals surface area contributed by atoms with Gasteiger partial charge in [0.1, 0.15) is 6.34 Å². The third-order valence-corrected chi connectivity index (χ3v) is 6.06. The Morgan fingerprint density at radius 1 is 1.12 bits per heavy atom. The summed E-state index contributed by atoms with van der Waals surface area (Å²) >= 11 is 0. The van der Waals surface area contributed by atoms with E-state index in [2.05, 4.69) is 26.2 Å². The predicted molar refractivity (Wildman–Crippen MR) is 132 cm³/mol. The summed E-state index contributed by atoms with van der Waals surface area (Å²) in [6.07, 6.45) is 6.60. The largest absolute Gasteiger partial charge is 0.492 e. The second-order valence-electron chi connectivity index (χ2n) is 8.24. The lowest BCUT2D eigenvalue weighted by molar-refractivity contribution is -0.129. The van der Waals surface area contributed by atoms with Gasteiger partial charge in [-0.3, -0.25) is 4.79 Å². The van der Waals surface area contributed by atoms with Crippen LogP contribution >= 0.6 is 0 Å². The van der Waals surface area contributed by atoms with E-state index in [0.717, 1.165) is 30.2 Å². The number of benzene rings is 2. The van der Waals surface area contributed by atoms with Crippen LogP contribution in [0.25, 0.3) is 0 Å². The van der Waals surface area contributed by atoms with Gasteiger partial charge in [0.05, 0.1) is 17.8 Å². The molecule has 3 aliphatic rings. The lowest BCUT2D eigenvalue weighted by Crippen LogP contribution is -2.48. The minimum Gasteiger partial charge on any atom is -0.492 e. The standard InChI is InChI=1S/C25H26N6O3/c1-28-12-13-30(16-24(28)32)20-5-3-4-19(14-20)29(2)18-6-8-21(9-7-18)34-31-17-27-23-15-26-11-10-22(23)25(31)33/h3-11,14-15,17,26,33H,12-13,16H2,1-2H3. The highest BCUT2D eigenvalue weighted by atomic mass is 16.7. The number of hydrogen-bond donors (Lipinski definition) is 2. The maximum absolute atomic E-state index is 12.1. The van der Waals surface area contributed by atoms with Crippen molar-refractivity contribution in [2.75, 3.05) is 43.5 Å². The molecule has 1 saturated heterocycles. The van der Waals surface area contributed by atoms with Gasteiger partial charge in [-0.15, -0.1) is 5.06 Å². The van der Waals surface area contributed by atoms with E-state index in [0.29, 0.717) is 23.6 Å². The number of dihydropyridines is 1. The van der Waals surface area contributed by atoms with Crippen molar-refractivity contribution in [3.05, 3.63) is 84.2 Å². The van der Waals surface area contributed by atoms with Gasteiger partial charge in [0, 0.05) is 56.6 Å². The first kappa shape index (κ1) is 21.4. The number of carbonyl (C=O) groups excluding carboxylic acids is 1. The third kappa shape index (κ3) is 4.15. The highest BCUT2D eigenvalue weighted by Crippen LogP contribution is 2.30. The number of allylic oxidation sites excluding steroid dienone is 1. The summed E-state index contributed by atoms with van der Waals surface area (Å²) in [5.41, 5.74) is 4.24. The number of nitrogens with one attached hydrogen (secondary N) is 1. The Morgan fingerprint density at radius 3 is 2.74 bits per heavy atom. The Labute approximate surface area is 198 Å². The molecule has 0 atom stereocenters. The minimum absolute atomic E-state index is 0.0283. The predicted octanol–water partition coefficient (Wildman–Crippen LogP) is 3.10. The zero-order valence-electron chi connectivity index (χ0n) is 19.0. The topological polar surface area (TPSA) is 83.9 Å². The van der Waals surface area contributed by atoms with Crippen LogP contribution in [0.3, 0.4) is 0 Å². The molecule has 0 saturated carbocycles. The van der Waals surface area contributed by atoms with Crippen LogP contribution < -0.4 is 20.0 Å². The van der Waals surface area contributed by atoms with Crippen LogP contribution in [0.2, 0.25) is 0 Å². The molecule has 0 aliphatic carbocycles. The number of hydrogen-bond acceptors (Lipinski definition) is 8. The number of rotatable bonds is 5. The molecule has 0 aromatic heterocycles. The van der Waals surface area contributed by atoms with Gasteiger partial charge in [-0.2, -0.15) is 0 Å². The number of likely N-dealkylation sites (N-methyl/N-ethyl adjacent to an activating group) is 1. The number of anilines is 3. The van der Waals surface area contributed by atoms with Crippen molar-refractivity contribution in [1.82, 2.24) is 15.3 Å². The van der Waals surface area contributed by atoms with Gasteiger partial charge in [-0.25, -0.2) is 4.99 Å². The van der Waals surface area contributed by atoms with Crippen LogP contribution in [0.1, 0.15) is 0 Å². The van der Waals surface area contributed by atoms with E-state index in [9.17, 15) is 9.90 Å². The molecular weight excluding hydrogens is 432 g/mol. The van der Waals surface area contributed by atoms with Crippen molar-refractivity contribution in [2.24, 2.45) is 4.99 Å². The Balaban J connectivity index is 1.28. The van der Waals surface area contributed by atoms with E-state index >= 15 is 0 Å². The molecule has 1 amide bonds. The maximum Gasteiger partial charge on any atom is 0.241 e. The number of amides is 1. The average Bonchev–Trinajstić information content (AvgIpc) is 2.87. The smallest absolute Gasteiger partial charge is 0.241 e. The van der Waals surface area contributed by atoms with Crippen LogP contribution in [-0.4, -0.2) is 61.0 Å². The van der Waals surface area contributed by atoms with Gasteiger partial charge < -0.3 is 30.0 Å². The molecule has 0 unspecified atom stereocenters. The number of aliphatic hydroxyl groups is 1. The second-order valence-corrected chi connectivity index (χ2v) is 8.24. The molecule has 3 aliphatic heterocycles. The molecule has 34 heavy (non-hydrogen) atoms. The van der Waals surface area contributed by atoms with Gasteiger partial charge in [0.2, 0.25) is 11.8 Å². The van der Waals surface area contributed by atoms with Crippen LogP contribution in [0.4, 0.5) is 17.1 Å². The summed E-state index contributed by atoms with van der Waals surface area (Å²) in [5.74, 6) is 0.662. The van der Waals surface area contributed by atoms with Crippen molar-refractivity contribution in [3.8, 4) is 5.75 Å². The van der Waals surface area contributed by atoms with Gasteiger partial charge in [-0.1, -0.05) is 6.07 Å².